The van der Waals surface area contributed by atoms with Crippen LogP contribution in [0.15, 0.2) is 9.59 Å². The Morgan fingerprint density at radius 3 is 2.38 bits per heavy atom. The summed E-state index contributed by atoms with van der Waals surface area (Å²) in [6, 6.07) is 0. The monoisotopic (exact) mass is 243 g/mol. The SMILES string of the molecule is CNC(=S)Nc1c(N)n(C)c(=O)n(C)c1=O. The van der Waals surface area contributed by atoms with Gasteiger partial charge in [0.05, 0.1) is 0 Å². The molecule has 0 bridgehead atoms. The first-order valence-corrected chi connectivity index (χ1v) is 4.85. The van der Waals surface area contributed by atoms with Crippen molar-refractivity contribution >= 4 is 28.8 Å². The molecule has 0 aliphatic heterocycles. The van der Waals surface area contributed by atoms with Crippen LogP contribution in [0.25, 0.3) is 0 Å². The van der Waals surface area contributed by atoms with Gasteiger partial charge >= 0.3 is 5.69 Å². The highest BCUT2D eigenvalue weighted by molar-refractivity contribution is 7.80. The summed E-state index contributed by atoms with van der Waals surface area (Å²) in [7, 11) is 4.46. The van der Waals surface area contributed by atoms with E-state index in [0.717, 1.165) is 4.57 Å². The van der Waals surface area contributed by atoms with Crippen molar-refractivity contribution in [3.05, 3.63) is 20.8 Å². The second-order valence-electron chi connectivity index (χ2n) is 3.17. The minimum atomic E-state index is -0.516. The van der Waals surface area contributed by atoms with Crippen LogP contribution in [0.1, 0.15) is 0 Å². The zero-order chi connectivity index (χ0) is 12.5. The molecule has 0 saturated heterocycles. The number of anilines is 2. The van der Waals surface area contributed by atoms with E-state index in [9.17, 15) is 9.59 Å². The molecule has 0 atom stereocenters. The first-order valence-electron chi connectivity index (χ1n) is 4.44. The van der Waals surface area contributed by atoms with Gasteiger partial charge in [-0.3, -0.25) is 13.9 Å². The Morgan fingerprint density at radius 2 is 1.88 bits per heavy atom. The molecule has 1 aromatic rings. The van der Waals surface area contributed by atoms with Gasteiger partial charge < -0.3 is 16.4 Å². The van der Waals surface area contributed by atoms with E-state index >= 15 is 0 Å². The normalized spacial score (nSPS) is 9.94. The fourth-order valence-electron chi connectivity index (χ4n) is 1.15. The van der Waals surface area contributed by atoms with Crippen LogP contribution in [-0.2, 0) is 14.1 Å². The molecule has 0 fully saturated rings. The van der Waals surface area contributed by atoms with Gasteiger partial charge in [-0.05, 0) is 12.2 Å². The van der Waals surface area contributed by atoms with E-state index in [1.54, 1.807) is 7.05 Å². The highest BCUT2D eigenvalue weighted by atomic mass is 32.1. The second-order valence-corrected chi connectivity index (χ2v) is 3.58. The lowest BCUT2D eigenvalue weighted by atomic mass is 10.4. The van der Waals surface area contributed by atoms with Crippen LogP contribution in [0.4, 0.5) is 11.5 Å². The zero-order valence-electron chi connectivity index (χ0n) is 9.20. The van der Waals surface area contributed by atoms with Gasteiger partial charge in [0.2, 0.25) is 0 Å². The molecule has 8 heteroatoms. The molecule has 4 N–H and O–H groups in total. The third-order valence-electron chi connectivity index (χ3n) is 2.18. The summed E-state index contributed by atoms with van der Waals surface area (Å²) in [6.07, 6.45) is 0. The predicted octanol–water partition coefficient (Wildman–Crippen LogP) is -1.42. The van der Waals surface area contributed by atoms with Crippen molar-refractivity contribution in [2.45, 2.75) is 0 Å². The Morgan fingerprint density at radius 1 is 1.31 bits per heavy atom. The maximum atomic E-state index is 11.7. The Hall–Kier alpha value is -1.83. The molecule has 7 nitrogen and oxygen atoms in total. The van der Waals surface area contributed by atoms with Gasteiger partial charge in [-0.25, -0.2) is 4.79 Å². The fourth-order valence-corrected chi connectivity index (χ4v) is 1.26. The number of nitrogens with one attached hydrogen (secondary N) is 2. The summed E-state index contributed by atoms with van der Waals surface area (Å²) < 4.78 is 2.12. The number of rotatable bonds is 1. The minimum absolute atomic E-state index is 0.0469. The quantitative estimate of drug-likeness (QED) is 0.524. The lowest BCUT2D eigenvalue weighted by Crippen LogP contribution is -2.41. The van der Waals surface area contributed by atoms with E-state index in [2.05, 4.69) is 10.6 Å². The molecule has 0 radical (unpaired) electrons. The first kappa shape index (κ1) is 12.2. The van der Waals surface area contributed by atoms with E-state index in [-0.39, 0.29) is 16.6 Å². The average molecular weight is 243 g/mol. The maximum absolute atomic E-state index is 11.7. The summed E-state index contributed by atoms with van der Waals surface area (Å²) in [6.45, 7) is 0. The van der Waals surface area contributed by atoms with Gasteiger partial charge in [-0.15, -0.1) is 0 Å². The van der Waals surface area contributed by atoms with Crippen LogP contribution in [-0.4, -0.2) is 21.3 Å². The lowest BCUT2D eigenvalue weighted by molar-refractivity contribution is 0.697. The smallest absolute Gasteiger partial charge is 0.332 e. The number of nitrogens with zero attached hydrogens (tertiary/aromatic N) is 2. The topological polar surface area (TPSA) is 94.1 Å². The molecule has 1 aromatic heterocycles. The van der Waals surface area contributed by atoms with Gasteiger partial charge in [0.25, 0.3) is 5.56 Å². The first-order chi connectivity index (χ1) is 7.40. The third-order valence-corrected chi connectivity index (χ3v) is 2.48. The Bertz CT molecular complexity index is 545. The standard InChI is InChI=1S/C8H13N5O2S/c1-10-7(16)11-4-5(9)12(2)8(15)13(3)6(4)14/h9H2,1-3H3,(H2,10,11,16). The molecule has 0 aliphatic rings. The largest absolute Gasteiger partial charge is 0.383 e. The third kappa shape index (κ3) is 1.91. The molecule has 0 spiro atoms. The van der Waals surface area contributed by atoms with Crippen molar-refractivity contribution in [1.29, 1.82) is 0 Å². The number of nitrogen functional groups attached to an aromatic ring is 1. The van der Waals surface area contributed by atoms with Crippen LogP contribution in [0.2, 0.25) is 0 Å². The molecule has 0 amide bonds. The van der Waals surface area contributed by atoms with Crippen molar-refractivity contribution in [2.75, 3.05) is 18.1 Å². The van der Waals surface area contributed by atoms with Crippen LogP contribution in [0.3, 0.4) is 0 Å². The van der Waals surface area contributed by atoms with E-state index in [4.69, 9.17) is 18.0 Å². The van der Waals surface area contributed by atoms with Crippen molar-refractivity contribution in [3.63, 3.8) is 0 Å². The Kier molecular flexibility index (Phi) is 3.33. The molecule has 0 aromatic carbocycles. The number of hydrogen-bond acceptors (Lipinski definition) is 4. The Labute approximate surface area is 96.9 Å². The summed E-state index contributed by atoms with van der Waals surface area (Å²) in [4.78, 5) is 23.2. The van der Waals surface area contributed by atoms with Gasteiger partial charge in [0.1, 0.15) is 11.5 Å². The van der Waals surface area contributed by atoms with Crippen LogP contribution in [0.5, 0.6) is 0 Å². The zero-order valence-corrected chi connectivity index (χ0v) is 10.0. The number of thiocarbonyl (C=S) groups is 1. The molecule has 0 saturated carbocycles. The molecular weight excluding hydrogens is 230 g/mol. The molecular formula is C8H13N5O2S. The van der Waals surface area contributed by atoms with Gasteiger partial charge in [-0.2, -0.15) is 0 Å². The summed E-state index contributed by atoms with van der Waals surface area (Å²) in [5, 5.41) is 5.54. The Balaban J connectivity index is 3.46. The highest BCUT2D eigenvalue weighted by Crippen LogP contribution is 2.08. The van der Waals surface area contributed by atoms with Crippen molar-refractivity contribution < 1.29 is 0 Å². The molecule has 1 rings (SSSR count). The van der Waals surface area contributed by atoms with Crippen molar-refractivity contribution in [3.8, 4) is 0 Å². The second kappa shape index (κ2) is 4.35. The van der Waals surface area contributed by atoms with E-state index in [0.29, 0.717) is 0 Å². The van der Waals surface area contributed by atoms with Crippen molar-refractivity contribution in [1.82, 2.24) is 14.5 Å². The average Bonchev–Trinajstić information content (AvgIpc) is 2.29. The van der Waals surface area contributed by atoms with Crippen LogP contribution < -0.4 is 27.6 Å². The maximum Gasteiger partial charge on any atom is 0.332 e. The van der Waals surface area contributed by atoms with Crippen molar-refractivity contribution in [2.24, 2.45) is 14.1 Å². The molecule has 88 valence electrons. The van der Waals surface area contributed by atoms with Crippen LogP contribution >= 0.6 is 12.2 Å². The van der Waals surface area contributed by atoms with E-state index < -0.39 is 11.2 Å². The molecule has 16 heavy (non-hydrogen) atoms. The molecule has 0 aliphatic carbocycles. The minimum Gasteiger partial charge on any atom is -0.383 e. The fraction of sp³-hybridized carbons (Fsp3) is 0.375. The summed E-state index contributed by atoms with van der Waals surface area (Å²) in [5.41, 5.74) is 4.74. The van der Waals surface area contributed by atoms with Crippen LogP contribution in [0, 0.1) is 0 Å². The van der Waals surface area contributed by atoms with Gasteiger partial charge in [-0.1, -0.05) is 0 Å². The summed E-state index contributed by atoms with van der Waals surface area (Å²) in [5.74, 6) is 0.0469. The lowest BCUT2D eigenvalue weighted by Gasteiger charge is -2.13. The number of hydrogen-bond donors (Lipinski definition) is 3. The molecule has 0 unspecified atom stereocenters. The molecule has 1 heterocycles. The van der Waals surface area contributed by atoms with Gasteiger partial charge in [0, 0.05) is 21.1 Å². The summed E-state index contributed by atoms with van der Waals surface area (Å²) >= 11 is 4.86. The van der Waals surface area contributed by atoms with E-state index in [1.807, 2.05) is 0 Å². The number of aromatic nitrogens is 2. The highest BCUT2D eigenvalue weighted by Gasteiger charge is 2.13. The number of nitrogens with two attached hydrogens (primary N) is 1. The van der Waals surface area contributed by atoms with E-state index in [1.165, 1.54) is 18.7 Å². The van der Waals surface area contributed by atoms with Gasteiger partial charge in [0.15, 0.2) is 5.11 Å². The predicted molar refractivity (Wildman–Crippen MR) is 66.6 cm³/mol.